The van der Waals surface area contributed by atoms with E-state index in [9.17, 15) is 14.4 Å². The van der Waals surface area contributed by atoms with Gasteiger partial charge in [0.05, 0.1) is 10.1 Å². The van der Waals surface area contributed by atoms with E-state index in [-0.39, 0.29) is 29.7 Å². The van der Waals surface area contributed by atoms with E-state index in [2.05, 4.69) is 4.98 Å². The number of aromatic amines is 1. The number of nitrogens with two attached hydrogens (primary N) is 1. The molecule has 148 valence electrons. The predicted molar refractivity (Wildman–Crippen MR) is 114 cm³/mol. The molecule has 2 aromatic rings. The number of H-pyrrole nitrogens is 1. The van der Waals surface area contributed by atoms with E-state index in [1.54, 1.807) is 6.92 Å². The van der Waals surface area contributed by atoms with E-state index in [1.165, 1.54) is 32.6 Å². The first-order valence-electron chi connectivity index (χ1n) is 8.63. The lowest BCUT2D eigenvalue weighted by Crippen LogP contribution is -2.41. The molecule has 27 heavy (non-hydrogen) atoms. The quantitative estimate of drug-likeness (QED) is 0.636. The third kappa shape index (κ3) is 5.40. The molecule has 0 fully saturated rings. The fraction of sp³-hybridized carbons (Fsp3) is 0.471. The lowest BCUT2D eigenvalue weighted by molar-refractivity contribution is -0.116. The van der Waals surface area contributed by atoms with E-state index in [1.807, 2.05) is 19.1 Å². The number of hydrogen-bond acceptors (Lipinski definition) is 6. The molecule has 0 saturated carbocycles. The average Bonchev–Trinajstić information content (AvgIpc) is 3.03. The first-order valence-corrected chi connectivity index (χ1v) is 11.0. The molecule has 0 aliphatic carbocycles. The Bertz CT molecular complexity index is 906. The summed E-state index contributed by atoms with van der Waals surface area (Å²) in [5.74, 6) is 0.643. The molecule has 0 atom stereocenters. The number of hydrogen-bond donors (Lipinski definition) is 2. The third-order valence-corrected chi connectivity index (χ3v) is 6.32. The van der Waals surface area contributed by atoms with Gasteiger partial charge in [0.1, 0.15) is 5.82 Å². The molecule has 0 aromatic carbocycles. The Balaban J connectivity index is 2.18. The van der Waals surface area contributed by atoms with Gasteiger partial charge in [0.25, 0.3) is 5.56 Å². The number of halogens is 1. The number of nitrogen functional groups attached to an aromatic ring is 1. The summed E-state index contributed by atoms with van der Waals surface area (Å²) in [6.45, 7) is 4.43. The molecular formula is C17H23ClN4O3S2. The number of nitrogens with one attached hydrogen (secondary N) is 1. The second kappa shape index (κ2) is 10.0. The smallest absolute Gasteiger partial charge is 0.330 e. The Morgan fingerprint density at radius 3 is 2.70 bits per heavy atom. The van der Waals surface area contributed by atoms with Gasteiger partial charge in [0.2, 0.25) is 5.91 Å². The minimum absolute atomic E-state index is 0.0300. The zero-order chi connectivity index (χ0) is 20.0. The summed E-state index contributed by atoms with van der Waals surface area (Å²) >= 11 is 8.82. The van der Waals surface area contributed by atoms with E-state index in [0.717, 1.165) is 17.7 Å². The van der Waals surface area contributed by atoms with Crippen molar-refractivity contribution in [3.63, 3.8) is 0 Å². The number of carbonyl (C=O) groups excluding carboxylic acids is 1. The van der Waals surface area contributed by atoms with Gasteiger partial charge in [-0.3, -0.25) is 19.1 Å². The standard InChI is InChI=1S/C17H23ClN4O3S2/c1-3-5-8-22-15(19)14(16(24)20-17(22)25)21(4-2)13(23)10-26-9-11-6-7-12(18)27-11/h6-7H,3-5,8-10,19H2,1-2H3,(H,20,24,25). The lowest BCUT2D eigenvalue weighted by Gasteiger charge is -2.23. The van der Waals surface area contributed by atoms with Gasteiger partial charge in [-0.2, -0.15) is 0 Å². The van der Waals surface area contributed by atoms with Crippen LogP contribution >= 0.6 is 34.7 Å². The van der Waals surface area contributed by atoms with Crippen molar-refractivity contribution in [2.24, 2.45) is 0 Å². The molecule has 0 saturated heterocycles. The SMILES string of the molecule is CCCCn1c(N)c(N(CC)C(=O)CSCc2ccc(Cl)s2)c(=O)[nH]c1=O. The van der Waals surface area contributed by atoms with Crippen molar-refractivity contribution in [1.29, 1.82) is 0 Å². The largest absolute Gasteiger partial charge is 0.383 e. The van der Waals surface area contributed by atoms with E-state index < -0.39 is 11.2 Å². The van der Waals surface area contributed by atoms with Gasteiger partial charge in [0, 0.05) is 23.7 Å². The number of amides is 1. The summed E-state index contributed by atoms with van der Waals surface area (Å²) in [5.41, 5.74) is 4.93. The van der Waals surface area contributed by atoms with Crippen LogP contribution < -0.4 is 21.9 Å². The van der Waals surface area contributed by atoms with Gasteiger partial charge in [-0.1, -0.05) is 24.9 Å². The lowest BCUT2D eigenvalue weighted by atomic mass is 10.3. The maximum absolute atomic E-state index is 12.7. The van der Waals surface area contributed by atoms with Crippen LogP contribution in [-0.2, 0) is 17.1 Å². The highest BCUT2D eigenvalue weighted by molar-refractivity contribution is 7.99. The van der Waals surface area contributed by atoms with Crippen molar-refractivity contribution in [3.8, 4) is 0 Å². The Morgan fingerprint density at radius 1 is 1.37 bits per heavy atom. The van der Waals surface area contributed by atoms with Crippen molar-refractivity contribution in [3.05, 3.63) is 42.2 Å². The Hall–Kier alpha value is -1.71. The molecule has 0 aliphatic heterocycles. The Labute approximate surface area is 170 Å². The van der Waals surface area contributed by atoms with Crippen molar-refractivity contribution < 1.29 is 4.79 Å². The molecule has 1 amide bonds. The molecular weight excluding hydrogens is 408 g/mol. The summed E-state index contributed by atoms with van der Waals surface area (Å²) in [6.07, 6.45) is 1.62. The number of thioether (sulfide) groups is 1. The fourth-order valence-electron chi connectivity index (χ4n) is 2.58. The topological polar surface area (TPSA) is 101 Å². The van der Waals surface area contributed by atoms with Crippen LogP contribution in [-0.4, -0.2) is 27.8 Å². The predicted octanol–water partition coefficient (Wildman–Crippen LogP) is 2.92. The van der Waals surface area contributed by atoms with Crippen LogP contribution in [0, 0.1) is 0 Å². The van der Waals surface area contributed by atoms with Crippen molar-refractivity contribution in [2.75, 3.05) is 22.9 Å². The van der Waals surface area contributed by atoms with Gasteiger partial charge in [-0.05, 0) is 25.5 Å². The van der Waals surface area contributed by atoms with Crippen LogP contribution in [0.4, 0.5) is 11.5 Å². The number of rotatable bonds is 9. The molecule has 7 nitrogen and oxygen atoms in total. The highest BCUT2D eigenvalue weighted by Gasteiger charge is 2.22. The van der Waals surface area contributed by atoms with Gasteiger partial charge in [-0.15, -0.1) is 23.1 Å². The summed E-state index contributed by atoms with van der Waals surface area (Å²) in [6, 6.07) is 3.75. The molecule has 0 radical (unpaired) electrons. The molecule has 0 aliphatic rings. The Morgan fingerprint density at radius 2 is 2.11 bits per heavy atom. The number of carbonyl (C=O) groups is 1. The van der Waals surface area contributed by atoms with Crippen LogP contribution in [0.15, 0.2) is 21.7 Å². The second-order valence-electron chi connectivity index (χ2n) is 5.83. The molecule has 3 N–H and O–H groups in total. The van der Waals surface area contributed by atoms with E-state index in [4.69, 9.17) is 17.3 Å². The summed E-state index contributed by atoms with van der Waals surface area (Å²) in [7, 11) is 0. The Kier molecular flexibility index (Phi) is 8.00. The minimum atomic E-state index is -0.643. The minimum Gasteiger partial charge on any atom is -0.383 e. The van der Waals surface area contributed by atoms with Crippen LogP contribution in [0.25, 0.3) is 0 Å². The van der Waals surface area contributed by atoms with Crippen molar-refractivity contribution in [1.82, 2.24) is 9.55 Å². The van der Waals surface area contributed by atoms with E-state index >= 15 is 0 Å². The zero-order valence-electron chi connectivity index (χ0n) is 15.3. The monoisotopic (exact) mass is 430 g/mol. The van der Waals surface area contributed by atoms with Gasteiger partial charge >= 0.3 is 5.69 Å². The highest BCUT2D eigenvalue weighted by Crippen LogP contribution is 2.26. The van der Waals surface area contributed by atoms with Crippen molar-refractivity contribution in [2.45, 2.75) is 39.0 Å². The second-order valence-corrected chi connectivity index (χ2v) is 8.62. The van der Waals surface area contributed by atoms with Gasteiger partial charge < -0.3 is 10.6 Å². The summed E-state index contributed by atoms with van der Waals surface area (Å²) in [4.78, 5) is 41.7. The van der Waals surface area contributed by atoms with Crippen LogP contribution in [0.3, 0.4) is 0 Å². The normalized spacial score (nSPS) is 10.9. The van der Waals surface area contributed by atoms with Crippen LogP contribution in [0.2, 0.25) is 4.34 Å². The maximum Gasteiger partial charge on any atom is 0.330 e. The molecule has 0 unspecified atom stereocenters. The van der Waals surface area contributed by atoms with Gasteiger partial charge in [0.15, 0.2) is 5.69 Å². The molecule has 2 heterocycles. The molecule has 2 aromatic heterocycles. The number of thiophene rings is 1. The first-order chi connectivity index (χ1) is 12.9. The number of aromatic nitrogens is 2. The first kappa shape index (κ1) is 21.6. The molecule has 10 heteroatoms. The van der Waals surface area contributed by atoms with Crippen molar-refractivity contribution >= 4 is 52.1 Å². The number of nitrogens with zero attached hydrogens (tertiary/aromatic N) is 2. The fourth-order valence-corrected chi connectivity index (χ4v) is 4.68. The third-order valence-electron chi connectivity index (χ3n) is 3.94. The van der Waals surface area contributed by atoms with E-state index in [0.29, 0.717) is 16.6 Å². The number of unbranched alkanes of at least 4 members (excludes halogenated alkanes) is 1. The van der Waals surface area contributed by atoms with Crippen LogP contribution in [0.1, 0.15) is 31.6 Å². The highest BCUT2D eigenvalue weighted by atomic mass is 35.5. The van der Waals surface area contributed by atoms with Gasteiger partial charge in [-0.25, -0.2) is 4.79 Å². The average molecular weight is 431 g/mol. The molecule has 2 rings (SSSR count). The summed E-state index contributed by atoms with van der Waals surface area (Å²) < 4.78 is 2.03. The molecule has 0 spiro atoms. The van der Waals surface area contributed by atoms with Crippen LogP contribution in [0.5, 0.6) is 0 Å². The maximum atomic E-state index is 12.7. The zero-order valence-corrected chi connectivity index (χ0v) is 17.7. The molecule has 0 bridgehead atoms. The summed E-state index contributed by atoms with van der Waals surface area (Å²) in [5, 5.41) is 0. The number of anilines is 2.